The van der Waals surface area contributed by atoms with Crippen molar-refractivity contribution in [1.82, 2.24) is 0 Å². The van der Waals surface area contributed by atoms with E-state index in [-0.39, 0.29) is 11.6 Å². The molecule has 178 valence electrons. The highest BCUT2D eigenvalue weighted by molar-refractivity contribution is 6.02. The van der Waals surface area contributed by atoms with Crippen LogP contribution in [0.3, 0.4) is 0 Å². The molecule has 1 saturated carbocycles. The molecule has 0 atom stereocenters. The van der Waals surface area contributed by atoms with E-state index in [4.69, 9.17) is 9.47 Å². The summed E-state index contributed by atoms with van der Waals surface area (Å²) in [6.07, 6.45) is 4.26. The van der Waals surface area contributed by atoms with Crippen LogP contribution in [0.2, 0.25) is 0 Å². The lowest BCUT2D eigenvalue weighted by atomic mass is 9.79. The van der Waals surface area contributed by atoms with Crippen LogP contribution in [0.5, 0.6) is 0 Å². The van der Waals surface area contributed by atoms with Crippen LogP contribution in [-0.4, -0.2) is 36.5 Å². The molecule has 0 heterocycles. The lowest BCUT2D eigenvalue weighted by Gasteiger charge is -2.30. The van der Waals surface area contributed by atoms with Crippen molar-refractivity contribution in [2.45, 2.75) is 43.5 Å². The summed E-state index contributed by atoms with van der Waals surface area (Å²) in [5, 5.41) is 10.2. The van der Waals surface area contributed by atoms with Gasteiger partial charge in [-0.25, -0.2) is 0 Å². The van der Waals surface area contributed by atoms with Crippen molar-refractivity contribution in [3.8, 4) is 0 Å². The number of rotatable bonds is 7. The minimum Gasteiger partial charge on any atom is -0.382 e. The predicted molar refractivity (Wildman–Crippen MR) is 132 cm³/mol. The average Bonchev–Trinajstić information content (AvgIpc) is 2.91. The lowest BCUT2D eigenvalue weighted by molar-refractivity contribution is -0.176. The first-order chi connectivity index (χ1) is 16.5. The maximum Gasteiger partial charge on any atom is 0.260 e. The maximum absolute atomic E-state index is 12.7. The smallest absolute Gasteiger partial charge is 0.260 e. The van der Waals surface area contributed by atoms with Gasteiger partial charge in [0.05, 0.1) is 0 Å². The van der Waals surface area contributed by atoms with Gasteiger partial charge >= 0.3 is 0 Å². The molecule has 1 N–H and O–H groups in total. The van der Waals surface area contributed by atoms with Gasteiger partial charge in [-0.05, 0) is 12.8 Å². The zero-order chi connectivity index (χ0) is 24.4. The molecule has 0 saturated heterocycles. The third-order valence-electron chi connectivity index (χ3n) is 6.20. The molecular weight excluding hydrogens is 428 g/mol. The Hall–Kier alpha value is -3.12. The topological polar surface area (TPSA) is 72.8 Å². The lowest BCUT2D eigenvalue weighted by Crippen LogP contribution is -2.40. The van der Waals surface area contributed by atoms with Gasteiger partial charge in [0.25, 0.3) is 5.79 Å². The number of carbonyl (C=O) groups excluding carboxylic acids is 2. The highest BCUT2D eigenvalue weighted by atomic mass is 16.7. The minimum absolute atomic E-state index is 0.109. The second kappa shape index (κ2) is 11.8. The largest absolute Gasteiger partial charge is 0.382 e. The van der Waals surface area contributed by atoms with Crippen molar-refractivity contribution in [3.63, 3.8) is 0 Å². The van der Waals surface area contributed by atoms with E-state index >= 15 is 0 Å². The van der Waals surface area contributed by atoms with Crippen LogP contribution >= 0.6 is 0 Å². The number of hydrogen-bond acceptors (Lipinski definition) is 5. The summed E-state index contributed by atoms with van der Waals surface area (Å²) in [6, 6.07) is 27.3. The zero-order valence-corrected chi connectivity index (χ0v) is 19.8. The van der Waals surface area contributed by atoms with Crippen LogP contribution in [0.15, 0.2) is 91.0 Å². The van der Waals surface area contributed by atoms with Gasteiger partial charge in [-0.3, -0.25) is 9.59 Å². The SMILES string of the molecule is COC(OC)(C(=O)c1ccccc1)c1ccccc1.O=C(c1ccccc1)C1(O)CCCCC1. The van der Waals surface area contributed by atoms with Gasteiger partial charge in [0, 0.05) is 30.9 Å². The van der Waals surface area contributed by atoms with E-state index in [2.05, 4.69) is 0 Å². The Balaban J connectivity index is 0.000000196. The fourth-order valence-electron chi connectivity index (χ4n) is 4.29. The number of benzene rings is 3. The van der Waals surface area contributed by atoms with Crippen LogP contribution in [0, 0.1) is 0 Å². The number of methoxy groups -OCH3 is 2. The quantitative estimate of drug-likeness (QED) is 0.368. The predicted octanol–water partition coefficient (Wildman–Crippen LogP) is 5.58. The molecular formula is C29H32O5. The van der Waals surface area contributed by atoms with Crippen LogP contribution in [0.25, 0.3) is 0 Å². The van der Waals surface area contributed by atoms with Gasteiger partial charge in [0.1, 0.15) is 5.60 Å². The normalized spacial score (nSPS) is 15.0. The molecule has 34 heavy (non-hydrogen) atoms. The van der Waals surface area contributed by atoms with E-state index in [0.29, 0.717) is 29.5 Å². The molecule has 0 amide bonds. The molecule has 0 aliphatic heterocycles. The highest BCUT2D eigenvalue weighted by Gasteiger charge is 2.41. The number of Topliss-reactive ketones (excluding diaryl/α,β-unsaturated/α-hetero) is 2. The van der Waals surface area contributed by atoms with Gasteiger partial charge < -0.3 is 14.6 Å². The Kier molecular flexibility index (Phi) is 8.88. The molecule has 0 aromatic heterocycles. The molecule has 5 heteroatoms. The summed E-state index contributed by atoms with van der Waals surface area (Å²) in [5.41, 5.74) is 0.755. The third kappa shape index (κ3) is 5.68. The molecule has 0 radical (unpaired) electrons. The molecule has 3 aromatic carbocycles. The van der Waals surface area contributed by atoms with E-state index < -0.39 is 11.4 Å². The van der Waals surface area contributed by atoms with Crippen molar-refractivity contribution in [1.29, 1.82) is 0 Å². The first kappa shape index (κ1) is 25.5. The molecule has 5 nitrogen and oxygen atoms in total. The van der Waals surface area contributed by atoms with Crippen molar-refractivity contribution in [2.75, 3.05) is 14.2 Å². The molecule has 0 unspecified atom stereocenters. The summed E-state index contributed by atoms with van der Waals surface area (Å²) >= 11 is 0. The van der Waals surface area contributed by atoms with Crippen LogP contribution in [0.1, 0.15) is 58.4 Å². The Morgan fingerprint density at radius 1 is 0.706 bits per heavy atom. The maximum atomic E-state index is 12.7. The van der Waals surface area contributed by atoms with E-state index in [1.54, 1.807) is 24.3 Å². The van der Waals surface area contributed by atoms with Gasteiger partial charge in [-0.2, -0.15) is 0 Å². The molecule has 1 aliphatic carbocycles. The number of aliphatic hydroxyl groups is 1. The molecule has 1 aliphatic rings. The van der Waals surface area contributed by atoms with Gasteiger partial charge in [-0.1, -0.05) is 110 Å². The first-order valence-electron chi connectivity index (χ1n) is 11.5. The monoisotopic (exact) mass is 460 g/mol. The molecule has 4 rings (SSSR count). The molecule has 3 aromatic rings. The first-order valence-corrected chi connectivity index (χ1v) is 11.5. The minimum atomic E-state index is -1.40. The number of ketones is 2. The van der Waals surface area contributed by atoms with E-state index in [1.807, 2.05) is 66.7 Å². The molecule has 0 bridgehead atoms. The molecule has 0 spiro atoms. The highest BCUT2D eigenvalue weighted by Crippen LogP contribution is 2.31. The number of ether oxygens (including phenoxy) is 2. The fourth-order valence-corrected chi connectivity index (χ4v) is 4.29. The summed E-state index contributed by atoms with van der Waals surface area (Å²) in [4.78, 5) is 24.8. The van der Waals surface area contributed by atoms with E-state index in [1.165, 1.54) is 14.2 Å². The Labute approximate surface area is 201 Å². The Bertz CT molecular complexity index is 1040. The van der Waals surface area contributed by atoms with Crippen molar-refractivity contribution < 1.29 is 24.2 Å². The standard InChI is InChI=1S/C16H16O3.C13H16O2/c1-18-16(19-2,14-11-7-4-8-12-14)15(17)13-9-5-3-6-10-13;14-12(11-7-3-1-4-8-11)13(15)9-5-2-6-10-13/h3-12H,1-2H3;1,3-4,7-8,15H,2,5-6,9-10H2. The second-order valence-corrected chi connectivity index (χ2v) is 8.37. The Morgan fingerprint density at radius 2 is 1.15 bits per heavy atom. The summed E-state index contributed by atoms with van der Waals surface area (Å²) in [5.74, 6) is -1.73. The van der Waals surface area contributed by atoms with Crippen molar-refractivity contribution in [2.24, 2.45) is 0 Å². The summed E-state index contributed by atoms with van der Waals surface area (Å²) in [7, 11) is 2.94. The van der Waals surface area contributed by atoms with E-state index in [9.17, 15) is 14.7 Å². The zero-order valence-electron chi connectivity index (χ0n) is 19.8. The van der Waals surface area contributed by atoms with Gasteiger partial charge in [0.2, 0.25) is 5.78 Å². The number of carbonyl (C=O) groups is 2. The van der Waals surface area contributed by atoms with Crippen molar-refractivity contribution in [3.05, 3.63) is 108 Å². The van der Waals surface area contributed by atoms with Gasteiger partial charge in [-0.15, -0.1) is 0 Å². The Morgan fingerprint density at radius 3 is 1.62 bits per heavy atom. The molecule has 1 fully saturated rings. The summed E-state index contributed by atoms with van der Waals surface area (Å²) in [6.45, 7) is 0. The third-order valence-corrected chi connectivity index (χ3v) is 6.20. The number of hydrogen-bond donors (Lipinski definition) is 1. The van der Waals surface area contributed by atoms with Gasteiger partial charge in [0.15, 0.2) is 5.78 Å². The fraction of sp³-hybridized carbons (Fsp3) is 0.310. The second-order valence-electron chi connectivity index (χ2n) is 8.37. The van der Waals surface area contributed by atoms with Crippen LogP contribution in [-0.2, 0) is 15.3 Å². The van der Waals surface area contributed by atoms with Crippen molar-refractivity contribution >= 4 is 11.6 Å². The average molecular weight is 461 g/mol. The van der Waals surface area contributed by atoms with E-state index in [0.717, 1.165) is 19.3 Å². The van der Waals surface area contributed by atoms with Crippen LogP contribution < -0.4 is 0 Å². The van der Waals surface area contributed by atoms with Crippen LogP contribution in [0.4, 0.5) is 0 Å². The summed E-state index contributed by atoms with van der Waals surface area (Å²) < 4.78 is 10.8.